The van der Waals surface area contributed by atoms with Crippen LogP contribution in [0.3, 0.4) is 0 Å². The van der Waals surface area contributed by atoms with Crippen molar-refractivity contribution in [1.29, 1.82) is 0 Å². The van der Waals surface area contributed by atoms with E-state index in [0.717, 1.165) is 44.8 Å². The third-order valence-corrected chi connectivity index (χ3v) is 8.47. The fraction of sp³-hybridized carbons (Fsp3) is 0.654. The molecule has 1 aromatic carbocycles. The Morgan fingerprint density at radius 1 is 1.20 bits per heavy atom. The SMILES string of the molecule is CC(C)CC(NC(=O)C1N2C(=O)c3ccccc3C2SC1(C)C)C(=O)NCCCN1CCOCC1. The number of ether oxygens (including phenoxy) is 1. The lowest BCUT2D eigenvalue weighted by molar-refractivity contribution is -0.132. The Hall–Kier alpha value is -2.10. The van der Waals surface area contributed by atoms with Crippen LogP contribution in [0, 0.1) is 5.92 Å². The van der Waals surface area contributed by atoms with E-state index in [-0.39, 0.29) is 29.0 Å². The monoisotopic (exact) mass is 502 g/mol. The van der Waals surface area contributed by atoms with Crippen LogP contribution in [-0.2, 0) is 14.3 Å². The van der Waals surface area contributed by atoms with Gasteiger partial charge < -0.3 is 20.3 Å². The largest absolute Gasteiger partial charge is 0.379 e. The molecule has 0 bridgehead atoms. The first-order valence-electron chi connectivity index (χ1n) is 12.7. The quantitative estimate of drug-likeness (QED) is 0.504. The summed E-state index contributed by atoms with van der Waals surface area (Å²) in [6, 6.07) is 6.29. The summed E-state index contributed by atoms with van der Waals surface area (Å²) in [5.74, 6) is -0.307. The molecule has 8 nitrogen and oxygen atoms in total. The van der Waals surface area contributed by atoms with Gasteiger partial charge in [-0.1, -0.05) is 32.0 Å². The molecule has 35 heavy (non-hydrogen) atoms. The number of carbonyl (C=O) groups is 3. The van der Waals surface area contributed by atoms with Crippen LogP contribution in [-0.4, -0.2) is 83.7 Å². The molecule has 0 aromatic heterocycles. The van der Waals surface area contributed by atoms with Gasteiger partial charge in [0.1, 0.15) is 17.5 Å². The molecular formula is C26H38N4O4S. The second-order valence-electron chi connectivity index (χ2n) is 10.6. The minimum absolute atomic E-state index is 0.114. The molecule has 3 aliphatic heterocycles. The number of morpholine rings is 1. The Bertz CT molecular complexity index is 947. The summed E-state index contributed by atoms with van der Waals surface area (Å²) in [5, 5.41) is 5.85. The van der Waals surface area contributed by atoms with E-state index < -0.39 is 16.8 Å². The molecule has 3 heterocycles. The number of nitrogens with zero attached hydrogens (tertiary/aromatic N) is 2. The fourth-order valence-electron chi connectivity index (χ4n) is 5.22. The predicted octanol–water partition coefficient (Wildman–Crippen LogP) is 2.40. The van der Waals surface area contributed by atoms with Crippen LogP contribution in [0.1, 0.15) is 61.8 Å². The summed E-state index contributed by atoms with van der Waals surface area (Å²) < 4.78 is 4.90. The van der Waals surface area contributed by atoms with Crippen LogP contribution in [0.25, 0.3) is 0 Å². The van der Waals surface area contributed by atoms with E-state index in [9.17, 15) is 14.4 Å². The number of thioether (sulfide) groups is 1. The molecule has 2 N–H and O–H groups in total. The highest BCUT2D eigenvalue weighted by molar-refractivity contribution is 8.01. The van der Waals surface area contributed by atoms with Crippen LogP contribution in [0.2, 0.25) is 0 Å². The zero-order chi connectivity index (χ0) is 25.2. The number of rotatable bonds is 9. The summed E-state index contributed by atoms with van der Waals surface area (Å²) in [6.45, 7) is 12.9. The van der Waals surface area contributed by atoms with Gasteiger partial charge in [0, 0.05) is 29.9 Å². The van der Waals surface area contributed by atoms with E-state index in [1.165, 1.54) is 0 Å². The van der Waals surface area contributed by atoms with E-state index in [1.807, 2.05) is 52.0 Å². The average molecular weight is 503 g/mol. The average Bonchev–Trinajstić information content (AvgIpc) is 3.25. The number of carbonyl (C=O) groups excluding carboxylic acids is 3. The van der Waals surface area contributed by atoms with Crippen LogP contribution >= 0.6 is 11.8 Å². The number of hydrogen-bond donors (Lipinski definition) is 2. The van der Waals surface area contributed by atoms with Gasteiger partial charge in [-0.15, -0.1) is 11.8 Å². The standard InChI is InChI=1S/C26H38N4O4S/c1-17(2)16-20(22(31)27-10-7-11-29-12-14-34-15-13-29)28-23(32)21-26(3,4)35-25-19-9-6-5-8-18(19)24(33)30(21)25/h5-6,8-9,17,20-21,25H,7,10-16H2,1-4H3,(H,27,31)(H,28,32). The van der Waals surface area contributed by atoms with Crippen molar-refractivity contribution in [2.75, 3.05) is 39.4 Å². The lowest BCUT2D eigenvalue weighted by atomic mass is 9.98. The maximum atomic E-state index is 13.6. The van der Waals surface area contributed by atoms with Gasteiger partial charge >= 0.3 is 0 Å². The molecule has 2 fully saturated rings. The zero-order valence-electron chi connectivity index (χ0n) is 21.2. The van der Waals surface area contributed by atoms with Crippen molar-refractivity contribution in [2.24, 2.45) is 5.92 Å². The Labute approximate surface area is 212 Å². The molecule has 3 unspecified atom stereocenters. The molecule has 3 aliphatic rings. The summed E-state index contributed by atoms with van der Waals surface area (Å²) in [5.41, 5.74) is 1.62. The number of hydrogen-bond acceptors (Lipinski definition) is 6. The molecule has 4 rings (SSSR count). The Morgan fingerprint density at radius 2 is 1.91 bits per heavy atom. The molecule has 0 aliphatic carbocycles. The third kappa shape index (κ3) is 5.67. The minimum Gasteiger partial charge on any atom is -0.379 e. The van der Waals surface area contributed by atoms with E-state index in [0.29, 0.717) is 18.5 Å². The summed E-state index contributed by atoms with van der Waals surface area (Å²) in [6.07, 6.45) is 1.39. The highest BCUT2D eigenvalue weighted by Gasteiger charge is 2.57. The third-order valence-electron chi connectivity index (χ3n) is 6.94. The van der Waals surface area contributed by atoms with Gasteiger partial charge in [-0.3, -0.25) is 19.3 Å². The van der Waals surface area contributed by atoms with Gasteiger partial charge in [0.05, 0.1) is 13.2 Å². The maximum absolute atomic E-state index is 13.6. The van der Waals surface area contributed by atoms with E-state index in [2.05, 4.69) is 15.5 Å². The van der Waals surface area contributed by atoms with Crippen molar-refractivity contribution in [3.63, 3.8) is 0 Å². The molecule has 0 saturated carbocycles. The second-order valence-corrected chi connectivity index (χ2v) is 12.3. The van der Waals surface area contributed by atoms with Crippen molar-refractivity contribution < 1.29 is 19.1 Å². The Balaban J connectivity index is 1.39. The smallest absolute Gasteiger partial charge is 0.256 e. The molecule has 0 spiro atoms. The van der Waals surface area contributed by atoms with E-state index in [1.54, 1.807) is 16.7 Å². The normalized spacial score (nSPS) is 24.3. The summed E-state index contributed by atoms with van der Waals surface area (Å²) in [4.78, 5) is 44.0. The minimum atomic E-state index is -0.652. The molecule has 192 valence electrons. The van der Waals surface area contributed by atoms with E-state index in [4.69, 9.17) is 4.74 Å². The number of amides is 3. The van der Waals surface area contributed by atoms with Crippen molar-refractivity contribution in [1.82, 2.24) is 20.4 Å². The van der Waals surface area contributed by atoms with E-state index >= 15 is 0 Å². The van der Waals surface area contributed by atoms with Crippen LogP contribution in [0.4, 0.5) is 0 Å². The zero-order valence-corrected chi connectivity index (χ0v) is 22.0. The van der Waals surface area contributed by atoms with Crippen molar-refractivity contribution >= 4 is 29.5 Å². The van der Waals surface area contributed by atoms with Gasteiger partial charge in [0.15, 0.2) is 0 Å². The maximum Gasteiger partial charge on any atom is 0.256 e. The molecule has 9 heteroatoms. The summed E-state index contributed by atoms with van der Waals surface area (Å²) >= 11 is 1.63. The molecule has 3 amide bonds. The number of fused-ring (bicyclic) bond motifs is 3. The first kappa shape index (κ1) is 26.0. The second kappa shape index (κ2) is 10.9. The van der Waals surface area contributed by atoms with Crippen LogP contribution in [0.5, 0.6) is 0 Å². The van der Waals surface area contributed by atoms with Crippen molar-refractivity contribution in [3.05, 3.63) is 35.4 Å². The molecule has 0 radical (unpaired) electrons. The van der Waals surface area contributed by atoms with Gasteiger partial charge in [-0.05, 0) is 50.8 Å². The van der Waals surface area contributed by atoms with Crippen molar-refractivity contribution in [2.45, 2.75) is 62.7 Å². The Kier molecular flexibility index (Phi) is 8.08. The first-order chi connectivity index (χ1) is 16.7. The van der Waals surface area contributed by atoms with Crippen LogP contribution in [0.15, 0.2) is 24.3 Å². The predicted molar refractivity (Wildman–Crippen MR) is 137 cm³/mol. The lowest BCUT2D eigenvalue weighted by Crippen LogP contribution is -2.57. The fourth-order valence-corrected chi connectivity index (χ4v) is 6.81. The van der Waals surface area contributed by atoms with Gasteiger partial charge in [0.2, 0.25) is 11.8 Å². The van der Waals surface area contributed by atoms with Gasteiger partial charge in [-0.2, -0.15) is 0 Å². The van der Waals surface area contributed by atoms with Gasteiger partial charge in [-0.25, -0.2) is 0 Å². The van der Waals surface area contributed by atoms with Crippen LogP contribution < -0.4 is 10.6 Å². The Morgan fingerprint density at radius 3 is 2.63 bits per heavy atom. The first-order valence-corrected chi connectivity index (χ1v) is 13.5. The highest BCUT2D eigenvalue weighted by Crippen LogP contribution is 2.56. The molecule has 1 aromatic rings. The topological polar surface area (TPSA) is 91.0 Å². The van der Waals surface area contributed by atoms with Gasteiger partial charge in [0.25, 0.3) is 5.91 Å². The number of nitrogens with one attached hydrogen (secondary N) is 2. The number of benzene rings is 1. The summed E-state index contributed by atoms with van der Waals surface area (Å²) in [7, 11) is 0. The molecule has 3 atom stereocenters. The molecule has 2 saturated heterocycles. The highest BCUT2D eigenvalue weighted by atomic mass is 32.2. The lowest BCUT2D eigenvalue weighted by Gasteiger charge is -2.31. The van der Waals surface area contributed by atoms with Crippen molar-refractivity contribution in [3.8, 4) is 0 Å². The molecular weight excluding hydrogens is 464 g/mol.